The highest BCUT2D eigenvalue weighted by Crippen LogP contribution is 2.40. The van der Waals surface area contributed by atoms with Crippen molar-refractivity contribution in [3.8, 4) is 0 Å². The van der Waals surface area contributed by atoms with Gasteiger partial charge in [-0.25, -0.2) is 0 Å². The zero-order valence-corrected chi connectivity index (χ0v) is 12.8. The zero-order chi connectivity index (χ0) is 16.6. The van der Waals surface area contributed by atoms with Crippen LogP contribution in [-0.4, -0.2) is 51.4 Å². The van der Waals surface area contributed by atoms with Crippen LogP contribution in [0.5, 0.6) is 0 Å². The second-order valence-electron chi connectivity index (χ2n) is 5.55. The Morgan fingerprint density at radius 1 is 1.13 bits per heavy atom. The van der Waals surface area contributed by atoms with E-state index in [0.29, 0.717) is 5.39 Å². The van der Waals surface area contributed by atoms with Gasteiger partial charge in [-0.2, -0.15) is 0 Å². The van der Waals surface area contributed by atoms with Crippen LogP contribution in [0.15, 0.2) is 42.5 Å². The highest BCUT2D eigenvalue weighted by molar-refractivity contribution is 6.07. The third-order valence-corrected chi connectivity index (χ3v) is 4.42. The van der Waals surface area contributed by atoms with Gasteiger partial charge in [0, 0.05) is 5.56 Å². The average Bonchev–Trinajstić information content (AvgIpc) is 2.59. The van der Waals surface area contributed by atoms with E-state index in [1.807, 2.05) is 18.2 Å². The lowest BCUT2D eigenvalue weighted by atomic mass is 9.86. The maximum Gasteiger partial charge on any atom is 0.223 e. The Balaban J connectivity index is 2.12. The normalized spacial score (nSPS) is 34.7. The minimum Gasteiger partial charge on any atom is -0.394 e. The van der Waals surface area contributed by atoms with Gasteiger partial charge in [0.25, 0.3) is 0 Å². The minimum atomic E-state index is -2.21. The van der Waals surface area contributed by atoms with Crippen molar-refractivity contribution < 1.29 is 29.5 Å². The number of halogens is 1. The molecule has 4 N–H and O–H groups in total. The SMILES string of the molecule is OC[C@H]1O[C@](O)(c2cccc3ccccc23)[C@H](O)[C@@H](O)[C@H]1OCl. The molecule has 0 aliphatic carbocycles. The largest absolute Gasteiger partial charge is 0.394 e. The van der Waals surface area contributed by atoms with Crippen LogP contribution in [0.1, 0.15) is 5.56 Å². The second kappa shape index (κ2) is 6.33. The maximum absolute atomic E-state index is 11.0. The molecule has 0 spiro atoms. The highest BCUT2D eigenvalue weighted by Gasteiger charge is 2.55. The summed E-state index contributed by atoms with van der Waals surface area (Å²) in [4.78, 5) is 0. The average molecular weight is 341 g/mol. The van der Waals surface area contributed by atoms with Crippen LogP contribution in [0.2, 0.25) is 0 Å². The molecule has 0 bridgehead atoms. The van der Waals surface area contributed by atoms with Gasteiger partial charge in [0.1, 0.15) is 24.4 Å². The third-order valence-electron chi connectivity index (χ3n) is 4.22. The Kier molecular flexibility index (Phi) is 4.57. The standard InChI is InChI=1S/C16H17ClO6/c17-23-14-12(8-18)22-16(21,15(20)13(14)19)11-7-3-5-9-4-1-2-6-10(9)11/h1-7,12-15,18-21H,8H2/t12-,13+,14+,15-,16-/m1/s1. The monoisotopic (exact) mass is 340 g/mol. The number of benzene rings is 2. The van der Waals surface area contributed by atoms with Gasteiger partial charge in [0.15, 0.2) is 0 Å². The highest BCUT2D eigenvalue weighted by atomic mass is 35.5. The first kappa shape index (κ1) is 16.6. The Bertz CT molecular complexity index is 688. The molecule has 1 aliphatic heterocycles. The van der Waals surface area contributed by atoms with E-state index in [1.54, 1.807) is 24.3 Å². The molecule has 1 fully saturated rings. The Morgan fingerprint density at radius 3 is 2.52 bits per heavy atom. The number of aliphatic hydroxyl groups is 4. The fourth-order valence-corrected chi connectivity index (χ4v) is 3.23. The molecule has 2 aromatic rings. The van der Waals surface area contributed by atoms with Gasteiger partial charge in [-0.1, -0.05) is 42.5 Å². The summed E-state index contributed by atoms with van der Waals surface area (Å²) in [6.07, 6.45) is -5.52. The molecule has 7 heteroatoms. The van der Waals surface area contributed by atoms with E-state index in [2.05, 4.69) is 4.29 Å². The van der Waals surface area contributed by atoms with E-state index in [9.17, 15) is 20.4 Å². The number of rotatable bonds is 3. The fraction of sp³-hybridized carbons (Fsp3) is 0.375. The lowest BCUT2D eigenvalue weighted by molar-refractivity contribution is -0.354. The molecule has 0 amide bonds. The first-order chi connectivity index (χ1) is 11.0. The minimum absolute atomic E-state index is 0.286. The molecule has 5 atom stereocenters. The molecule has 124 valence electrons. The molecular weight excluding hydrogens is 324 g/mol. The van der Waals surface area contributed by atoms with Crippen molar-refractivity contribution in [1.29, 1.82) is 0 Å². The van der Waals surface area contributed by atoms with Crippen molar-refractivity contribution in [3.05, 3.63) is 48.0 Å². The predicted molar refractivity (Wildman–Crippen MR) is 82.5 cm³/mol. The van der Waals surface area contributed by atoms with Crippen molar-refractivity contribution in [3.63, 3.8) is 0 Å². The summed E-state index contributed by atoms with van der Waals surface area (Å²) in [5.74, 6) is -2.21. The van der Waals surface area contributed by atoms with Gasteiger partial charge in [0.2, 0.25) is 5.79 Å². The molecule has 1 aliphatic rings. The summed E-state index contributed by atoms with van der Waals surface area (Å²) >= 11 is 5.30. The van der Waals surface area contributed by atoms with E-state index in [1.165, 1.54) is 0 Å². The summed E-state index contributed by atoms with van der Waals surface area (Å²) in [6.45, 7) is -0.547. The summed E-state index contributed by atoms with van der Waals surface area (Å²) in [5.41, 5.74) is 0.286. The summed E-state index contributed by atoms with van der Waals surface area (Å²) < 4.78 is 10.0. The Hall–Kier alpha value is -1.25. The molecule has 1 heterocycles. The molecule has 23 heavy (non-hydrogen) atoms. The smallest absolute Gasteiger partial charge is 0.223 e. The number of hydrogen-bond donors (Lipinski definition) is 4. The maximum atomic E-state index is 11.0. The zero-order valence-electron chi connectivity index (χ0n) is 12.0. The molecular formula is C16H17ClO6. The van der Waals surface area contributed by atoms with Crippen molar-refractivity contribution in [2.75, 3.05) is 6.61 Å². The number of hydrogen-bond acceptors (Lipinski definition) is 6. The summed E-state index contributed by atoms with van der Waals surface area (Å²) in [6, 6.07) is 12.4. The summed E-state index contributed by atoms with van der Waals surface area (Å²) in [5, 5.41) is 42.4. The predicted octanol–water partition coefficient (Wildman–Crippen LogP) is 0.637. The Labute approximate surface area is 137 Å². The summed E-state index contributed by atoms with van der Waals surface area (Å²) in [7, 11) is 0. The van der Waals surface area contributed by atoms with Crippen LogP contribution < -0.4 is 0 Å². The van der Waals surface area contributed by atoms with Crippen molar-refractivity contribution in [1.82, 2.24) is 0 Å². The van der Waals surface area contributed by atoms with Crippen LogP contribution in [0.25, 0.3) is 10.8 Å². The fourth-order valence-electron chi connectivity index (χ4n) is 3.01. The quantitative estimate of drug-likeness (QED) is 0.654. The van der Waals surface area contributed by atoms with Gasteiger partial charge in [-0.15, -0.1) is 0 Å². The first-order valence-electron chi connectivity index (χ1n) is 7.15. The van der Waals surface area contributed by atoms with Crippen LogP contribution in [0.4, 0.5) is 0 Å². The van der Waals surface area contributed by atoms with Gasteiger partial charge < -0.3 is 25.2 Å². The van der Waals surface area contributed by atoms with E-state index in [-0.39, 0.29) is 5.56 Å². The molecule has 0 aromatic heterocycles. The van der Waals surface area contributed by atoms with Crippen molar-refractivity contribution in [2.24, 2.45) is 0 Å². The molecule has 6 nitrogen and oxygen atoms in total. The van der Waals surface area contributed by atoms with Gasteiger partial charge in [-0.3, -0.25) is 4.29 Å². The van der Waals surface area contributed by atoms with Gasteiger partial charge >= 0.3 is 0 Å². The van der Waals surface area contributed by atoms with Crippen molar-refractivity contribution >= 4 is 22.6 Å². The second-order valence-corrected chi connectivity index (χ2v) is 5.73. The lowest BCUT2D eigenvalue weighted by Crippen LogP contribution is -2.63. The van der Waals surface area contributed by atoms with Crippen LogP contribution >= 0.6 is 11.9 Å². The Morgan fingerprint density at radius 2 is 1.83 bits per heavy atom. The van der Waals surface area contributed by atoms with E-state index < -0.39 is 36.8 Å². The number of ether oxygens (including phenoxy) is 1. The van der Waals surface area contributed by atoms with E-state index in [4.69, 9.17) is 16.6 Å². The lowest BCUT2D eigenvalue weighted by Gasteiger charge is -2.46. The van der Waals surface area contributed by atoms with Gasteiger partial charge in [0.05, 0.1) is 18.5 Å². The molecule has 2 aromatic carbocycles. The van der Waals surface area contributed by atoms with Crippen LogP contribution in [-0.2, 0) is 14.8 Å². The van der Waals surface area contributed by atoms with Crippen LogP contribution in [0, 0.1) is 0 Å². The van der Waals surface area contributed by atoms with E-state index in [0.717, 1.165) is 5.39 Å². The number of aliphatic hydroxyl groups excluding tert-OH is 3. The van der Waals surface area contributed by atoms with E-state index >= 15 is 0 Å². The first-order valence-corrected chi connectivity index (χ1v) is 7.46. The van der Waals surface area contributed by atoms with Crippen molar-refractivity contribution in [2.45, 2.75) is 30.2 Å². The third kappa shape index (κ3) is 2.62. The molecule has 0 radical (unpaired) electrons. The number of fused-ring (bicyclic) bond motifs is 1. The molecule has 0 saturated carbocycles. The topological polar surface area (TPSA) is 99.4 Å². The molecule has 0 unspecified atom stereocenters. The molecule has 1 saturated heterocycles. The molecule has 3 rings (SSSR count). The van der Waals surface area contributed by atoms with Gasteiger partial charge in [-0.05, 0) is 10.8 Å². The van der Waals surface area contributed by atoms with Crippen LogP contribution in [0.3, 0.4) is 0 Å².